The molecular weight excluding hydrogens is 274 g/mol. The van der Waals surface area contributed by atoms with Gasteiger partial charge in [0.15, 0.2) is 5.69 Å². The van der Waals surface area contributed by atoms with Gasteiger partial charge in [0, 0.05) is 19.6 Å². The number of carboxylic acids is 1. The molecular formula is C13H17N5O3. The second kappa shape index (κ2) is 5.65. The van der Waals surface area contributed by atoms with Gasteiger partial charge in [0.05, 0.1) is 37.1 Å². The number of carboxylic acid groups (broad SMARTS) is 1. The van der Waals surface area contributed by atoms with Gasteiger partial charge in [0.25, 0.3) is 0 Å². The zero-order chi connectivity index (χ0) is 14.8. The van der Waals surface area contributed by atoms with Crippen molar-refractivity contribution in [2.75, 3.05) is 13.7 Å². The molecule has 0 amide bonds. The molecule has 1 aliphatic rings. The fraction of sp³-hybridized carbons (Fsp3) is 0.538. The van der Waals surface area contributed by atoms with Crippen LogP contribution in [0.2, 0.25) is 0 Å². The van der Waals surface area contributed by atoms with Crippen molar-refractivity contribution < 1.29 is 14.6 Å². The smallest absolute Gasteiger partial charge is 0.358 e. The van der Waals surface area contributed by atoms with E-state index in [0.717, 1.165) is 18.5 Å². The molecule has 1 saturated carbocycles. The summed E-state index contributed by atoms with van der Waals surface area (Å²) < 4.78 is 8.78. The average Bonchev–Trinajstić information content (AvgIpc) is 3.07. The molecule has 2 heterocycles. The van der Waals surface area contributed by atoms with Crippen LogP contribution in [0, 0.1) is 0 Å². The Labute approximate surface area is 121 Å². The Hall–Kier alpha value is -2.22. The largest absolute Gasteiger partial charge is 0.476 e. The van der Waals surface area contributed by atoms with Gasteiger partial charge in [-0.1, -0.05) is 5.21 Å². The number of hydrogen-bond donors (Lipinski definition) is 1. The number of aromatic nitrogens is 5. The first-order chi connectivity index (χ1) is 10.2. The highest BCUT2D eigenvalue weighted by molar-refractivity contribution is 5.86. The highest BCUT2D eigenvalue weighted by atomic mass is 16.5. The third kappa shape index (κ3) is 2.80. The summed E-state index contributed by atoms with van der Waals surface area (Å²) in [5.74, 6) is -1.07. The van der Waals surface area contributed by atoms with E-state index in [1.807, 2.05) is 6.33 Å². The summed E-state index contributed by atoms with van der Waals surface area (Å²) in [6.07, 6.45) is 6.40. The molecule has 0 spiro atoms. The molecule has 112 valence electrons. The number of hydrogen-bond acceptors (Lipinski definition) is 5. The molecule has 0 saturated heterocycles. The maximum absolute atomic E-state index is 11.2. The molecule has 8 nitrogen and oxygen atoms in total. The summed E-state index contributed by atoms with van der Waals surface area (Å²) in [7, 11) is 1.58. The van der Waals surface area contributed by atoms with Gasteiger partial charge in [-0.05, 0) is 12.8 Å². The average molecular weight is 291 g/mol. The summed E-state index contributed by atoms with van der Waals surface area (Å²) in [6.45, 7) is 0.894. The molecule has 0 radical (unpaired) electrons. The molecule has 8 heteroatoms. The predicted molar refractivity (Wildman–Crippen MR) is 72.2 cm³/mol. The molecule has 3 rings (SSSR count). The standard InChI is InChI=1S/C13H17N5O3/c1-21-5-4-11-12(13(19)20)15-16-18(11)7-10-6-14-8-17(10)9-2-3-9/h6,8-9H,2-5,7H2,1H3,(H,19,20). The Bertz CT molecular complexity index is 644. The number of rotatable bonds is 7. The molecule has 0 bridgehead atoms. The van der Waals surface area contributed by atoms with Gasteiger partial charge < -0.3 is 14.4 Å². The molecule has 1 aliphatic carbocycles. The lowest BCUT2D eigenvalue weighted by molar-refractivity contribution is 0.0688. The first kappa shape index (κ1) is 13.7. The lowest BCUT2D eigenvalue weighted by Gasteiger charge is -2.09. The van der Waals surface area contributed by atoms with Crippen molar-refractivity contribution in [3.05, 3.63) is 29.6 Å². The monoisotopic (exact) mass is 291 g/mol. The van der Waals surface area contributed by atoms with E-state index < -0.39 is 5.97 Å². The van der Waals surface area contributed by atoms with Crippen molar-refractivity contribution in [3.63, 3.8) is 0 Å². The van der Waals surface area contributed by atoms with Crippen LogP contribution in [0.4, 0.5) is 0 Å². The van der Waals surface area contributed by atoms with Crippen molar-refractivity contribution in [1.29, 1.82) is 0 Å². The van der Waals surface area contributed by atoms with Crippen LogP contribution in [0.15, 0.2) is 12.5 Å². The van der Waals surface area contributed by atoms with Crippen molar-refractivity contribution in [3.8, 4) is 0 Å². The maximum Gasteiger partial charge on any atom is 0.358 e. The Morgan fingerprint density at radius 2 is 2.33 bits per heavy atom. The van der Waals surface area contributed by atoms with Crippen molar-refractivity contribution in [2.45, 2.75) is 31.8 Å². The Kier molecular flexibility index (Phi) is 3.70. The van der Waals surface area contributed by atoms with Crippen LogP contribution < -0.4 is 0 Å². The normalized spacial score (nSPS) is 14.5. The topological polar surface area (TPSA) is 95.1 Å². The lowest BCUT2D eigenvalue weighted by Crippen LogP contribution is -2.13. The molecule has 0 aromatic carbocycles. The van der Waals surface area contributed by atoms with Gasteiger partial charge in [0.1, 0.15) is 0 Å². The fourth-order valence-electron chi connectivity index (χ4n) is 2.36. The summed E-state index contributed by atoms with van der Waals surface area (Å²) in [5, 5.41) is 16.9. The third-order valence-electron chi connectivity index (χ3n) is 3.58. The molecule has 0 aliphatic heterocycles. The van der Waals surface area contributed by atoms with Crippen LogP contribution in [-0.2, 0) is 17.7 Å². The Balaban J connectivity index is 1.86. The zero-order valence-electron chi connectivity index (χ0n) is 11.8. The van der Waals surface area contributed by atoms with Crippen LogP contribution in [-0.4, -0.2) is 49.3 Å². The van der Waals surface area contributed by atoms with Gasteiger partial charge in [-0.3, -0.25) is 0 Å². The van der Waals surface area contributed by atoms with Crippen molar-refractivity contribution >= 4 is 5.97 Å². The number of nitrogens with zero attached hydrogens (tertiary/aromatic N) is 5. The summed E-state index contributed by atoms with van der Waals surface area (Å²) in [6, 6.07) is 0.521. The Morgan fingerprint density at radius 1 is 1.52 bits per heavy atom. The summed E-state index contributed by atoms with van der Waals surface area (Å²) in [5.41, 5.74) is 1.58. The van der Waals surface area contributed by atoms with Crippen LogP contribution in [0.5, 0.6) is 0 Å². The number of imidazole rings is 1. The first-order valence-electron chi connectivity index (χ1n) is 6.86. The van der Waals surface area contributed by atoms with E-state index in [1.165, 1.54) is 0 Å². The summed E-state index contributed by atoms with van der Waals surface area (Å²) >= 11 is 0. The fourth-order valence-corrected chi connectivity index (χ4v) is 2.36. The van der Waals surface area contributed by atoms with Gasteiger partial charge in [-0.2, -0.15) is 0 Å². The predicted octanol–water partition coefficient (Wildman–Crippen LogP) is 0.745. The first-order valence-corrected chi connectivity index (χ1v) is 6.86. The number of carbonyl (C=O) groups is 1. The van der Waals surface area contributed by atoms with E-state index in [-0.39, 0.29) is 5.69 Å². The van der Waals surface area contributed by atoms with Gasteiger partial charge in [-0.25, -0.2) is 14.5 Å². The quantitative estimate of drug-likeness (QED) is 0.808. The number of aromatic carboxylic acids is 1. The van der Waals surface area contributed by atoms with Gasteiger partial charge >= 0.3 is 5.97 Å². The minimum absolute atomic E-state index is 0.00969. The maximum atomic E-state index is 11.2. The molecule has 1 N–H and O–H groups in total. The van der Waals surface area contributed by atoms with E-state index >= 15 is 0 Å². The molecule has 2 aromatic heterocycles. The minimum atomic E-state index is -1.07. The lowest BCUT2D eigenvalue weighted by atomic mass is 10.2. The van der Waals surface area contributed by atoms with E-state index in [0.29, 0.717) is 31.3 Å². The van der Waals surface area contributed by atoms with Crippen LogP contribution in [0.3, 0.4) is 0 Å². The van der Waals surface area contributed by atoms with E-state index in [1.54, 1.807) is 18.0 Å². The van der Waals surface area contributed by atoms with Crippen LogP contribution in [0.25, 0.3) is 0 Å². The molecule has 0 unspecified atom stereocenters. The molecule has 0 atom stereocenters. The van der Waals surface area contributed by atoms with E-state index in [2.05, 4.69) is 19.9 Å². The van der Waals surface area contributed by atoms with Crippen molar-refractivity contribution in [2.24, 2.45) is 0 Å². The van der Waals surface area contributed by atoms with Crippen LogP contribution >= 0.6 is 0 Å². The van der Waals surface area contributed by atoms with Crippen molar-refractivity contribution in [1.82, 2.24) is 24.5 Å². The molecule has 2 aromatic rings. The Morgan fingerprint density at radius 3 is 3.00 bits per heavy atom. The second-order valence-electron chi connectivity index (χ2n) is 5.11. The SMILES string of the molecule is COCCc1c(C(=O)O)nnn1Cc1cncn1C1CC1. The van der Waals surface area contributed by atoms with Crippen LogP contribution in [0.1, 0.15) is 40.8 Å². The summed E-state index contributed by atoms with van der Waals surface area (Å²) in [4.78, 5) is 15.4. The molecule has 1 fully saturated rings. The minimum Gasteiger partial charge on any atom is -0.476 e. The number of ether oxygens (including phenoxy) is 1. The number of methoxy groups -OCH3 is 1. The van der Waals surface area contributed by atoms with Gasteiger partial charge in [-0.15, -0.1) is 5.10 Å². The highest BCUT2D eigenvalue weighted by Crippen LogP contribution is 2.35. The zero-order valence-corrected chi connectivity index (χ0v) is 11.8. The van der Waals surface area contributed by atoms with E-state index in [9.17, 15) is 9.90 Å². The second-order valence-corrected chi connectivity index (χ2v) is 5.11. The highest BCUT2D eigenvalue weighted by Gasteiger charge is 2.26. The van der Waals surface area contributed by atoms with E-state index in [4.69, 9.17) is 4.74 Å². The van der Waals surface area contributed by atoms with Gasteiger partial charge in [0.2, 0.25) is 0 Å². The molecule has 21 heavy (non-hydrogen) atoms. The third-order valence-corrected chi connectivity index (χ3v) is 3.58.